The van der Waals surface area contributed by atoms with Gasteiger partial charge in [-0.15, -0.1) is 6.58 Å². The van der Waals surface area contributed by atoms with Crippen LogP contribution in [0.15, 0.2) is 36.9 Å². The molecule has 4 unspecified atom stereocenters. The zero-order valence-corrected chi connectivity index (χ0v) is 18.9. The van der Waals surface area contributed by atoms with Gasteiger partial charge >= 0.3 is 0 Å². The van der Waals surface area contributed by atoms with Crippen LogP contribution in [0.1, 0.15) is 68.4 Å². The number of ether oxygens (including phenoxy) is 2. The van der Waals surface area contributed by atoms with Crippen molar-refractivity contribution in [3.63, 3.8) is 0 Å². The summed E-state index contributed by atoms with van der Waals surface area (Å²) in [5, 5.41) is 0. The van der Waals surface area contributed by atoms with E-state index in [0.717, 1.165) is 19.3 Å². The number of rotatable bonds is 6. The van der Waals surface area contributed by atoms with Crippen molar-refractivity contribution in [1.29, 1.82) is 0 Å². The first kappa shape index (κ1) is 24.0. The molecule has 2 aliphatic rings. The lowest BCUT2D eigenvalue weighted by Gasteiger charge is -2.29. The Bertz CT molecular complexity index is 990. The molecule has 2 heterocycles. The maximum Gasteiger partial charge on any atom is 0.167 e. The second-order valence-electron chi connectivity index (χ2n) is 9.06. The fraction of sp³-hybridized carbons (Fsp3) is 0.481. The van der Waals surface area contributed by atoms with E-state index in [2.05, 4.69) is 13.5 Å². The van der Waals surface area contributed by atoms with Gasteiger partial charge in [-0.3, -0.25) is 0 Å². The first-order chi connectivity index (χ1) is 15.9. The Morgan fingerprint density at radius 2 is 1.33 bits per heavy atom. The third kappa shape index (κ3) is 4.87. The smallest absolute Gasteiger partial charge is 0.167 e. The van der Waals surface area contributed by atoms with Crippen LogP contribution in [0, 0.1) is 23.3 Å². The highest BCUT2D eigenvalue weighted by molar-refractivity contribution is 5.66. The fourth-order valence-electron chi connectivity index (χ4n) is 4.98. The summed E-state index contributed by atoms with van der Waals surface area (Å²) >= 11 is 0. The topological polar surface area (TPSA) is 18.5 Å². The SMILES string of the molecule is C=CC1CCC(c2ccc(-c3ccc(C4CCC(CCC)OC4)c(F)c3F)c(F)c2F)CO1. The second kappa shape index (κ2) is 10.4. The molecule has 0 amide bonds. The van der Waals surface area contributed by atoms with E-state index in [0.29, 0.717) is 25.9 Å². The highest BCUT2D eigenvalue weighted by Gasteiger charge is 2.29. The number of hydrogen-bond donors (Lipinski definition) is 0. The van der Waals surface area contributed by atoms with Crippen LogP contribution >= 0.6 is 0 Å². The molecule has 2 saturated heterocycles. The van der Waals surface area contributed by atoms with Gasteiger partial charge in [-0.1, -0.05) is 43.7 Å². The van der Waals surface area contributed by atoms with Crippen molar-refractivity contribution in [2.75, 3.05) is 13.2 Å². The van der Waals surface area contributed by atoms with Gasteiger partial charge in [-0.2, -0.15) is 0 Å². The van der Waals surface area contributed by atoms with Crippen molar-refractivity contribution >= 4 is 0 Å². The predicted molar refractivity (Wildman–Crippen MR) is 120 cm³/mol. The van der Waals surface area contributed by atoms with E-state index in [4.69, 9.17) is 9.47 Å². The normalized spacial score (nSPS) is 25.7. The number of hydrogen-bond acceptors (Lipinski definition) is 2. The molecule has 33 heavy (non-hydrogen) atoms. The molecule has 0 saturated carbocycles. The van der Waals surface area contributed by atoms with Gasteiger partial charge in [0.05, 0.1) is 25.4 Å². The van der Waals surface area contributed by atoms with Gasteiger partial charge in [0, 0.05) is 23.0 Å². The number of halogens is 4. The van der Waals surface area contributed by atoms with Crippen molar-refractivity contribution < 1.29 is 27.0 Å². The van der Waals surface area contributed by atoms with Crippen LogP contribution in [0.3, 0.4) is 0 Å². The molecule has 0 aliphatic carbocycles. The number of benzene rings is 2. The maximum absolute atomic E-state index is 15.0. The van der Waals surface area contributed by atoms with Crippen molar-refractivity contribution in [2.24, 2.45) is 0 Å². The van der Waals surface area contributed by atoms with E-state index in [1.807, 2.05) is 0 Å². The molecule has 178 valence electrons. The Labute approximate surface area is 192 Å². The summed E-state index contributed by atoms with van der Waals surface area (Å²) in [6.45, 7) is 6.36. The van der Waals surface area contributed by atoms with Crippen LogP contribution in [0.25, 0.3) is 11.1 Å². The highest BCUT2D eigenvalue weighted by atomic mass is 19.2. The van der Waals surface area contributed by atoms with Crippen molar-refractivity contribution in [3.05, 3.63) is 71.3 Å². The van der Waals surface area contributed by atoms with Gasteiger partial charge in [0.25, 0.3) is 0 Å². The van der Waals surface area contributed by atoms with Crippen molar-refractivity contribution in [3.8, 4) is 11.1 Å². The zero-order valence-electron chi connectivity index (χ0n) is 18.9. The zero-order chi connectivity index (χ0) is 23.5. The Hall–Kier alpha value is -2.18. The van der Waals surface area contributed by atoms with Gasteiger partial charge in [0.1, 0.15) is 0 Å². The molecular formula is C27H30F4O2. The molecule has 4 atom stereocenters. The molecule has 0 N–H and O–H groups in total. The van der Waals surface area contributed by atoms with Gasteiger partial charge in [0.2, 0.25) is 0 Å². The van der Waals surface area contributed by atoms with Crippen LogP contribution in [0.5, 0.6) is 0 Å². The summed E-state index contributed by atoms with van der Waals surface area (Å²) in [6, 6.07) is 5.58. The maximum atomic E-state index is 15.0. The van der Waals surface area contributed by atoms with Crippen LogP contribution in [0.2, 0.25) is 0 Å². The molecule has 0 bridgehead atoms. The molecule has 2 nitrogen and oxygen atoms in total. The van der Waals surface area contributed by atoms with Crippen LogP contribution < -0.4 is 0 Å². The monoisotopic (exact) mass is 462 g/mol. The molecule has 2 fully saturated rings. The third-order valence-corrected chi connectivity index (χ3v) is 6.95. The molecule has 4 rings (SSSR count). The average molecular weight is 463 g/mol. The van der Waals surface area contributed by atoms with Crippen molar-refractivity contribution in [2.45, 2.75) is 69.5 Å². The van der Waals surface area contributed by atoms with Gasteiger partial charge in [-0.05, 0) is 43.2 Å². The van der Waals surface area contributed by atoms with Crippen LogP contribution in [-0.2, 0) is 9.47 Å². The van der Waals surface area contributed by atoms with Gasteiger partial charge in [-0.25, -0.2) is 17.6 Å². The standard InChI is InChI=1S/C27H30F4O2/c1-3-5-19-9-7-17(15-33-19)21-11-13-23(27(31)25(21)29)22-12-10-20(24(28)26(22)30)16-6-8-18(4-2)32-14-16/h4,10-13,16-19H,2-3,5-9,14-15H2,1H3. The second-order valence-corrected chi connectivity index (χ2v) is 9.06. The van der Waals surface area contributed by atoms with E-state index < -0.39 is 23.3 Å². The van der Waals surface area contributed by atoms with Gasteiger partial charge < -0.3 is 9.47 Å². The lowest BCUT2D eigenvalue weighted by Crippen LogP contribution is -2.25. The van der Waals surface area contributed by atoms with E-state index >= 15 is 4.39 Å². The lowest BCUT2D eigenvalue weighted by molar-refractivity contribution is -0.00181. The minimum absolute atomic E-state index is 0.0869. The van der Waals surface area contributed by atoms with E-state index in [1.165, 1.54) is 24.3 Å². The Balaban J connectivity index is 1.56. The summed E-state index contributed by atoms with van der Waals surface area (Å²) in [4.78, 5) is 0. The third-order valence-electron chi connectivity index (χ3n) is 6.95. The molecular weight excluding hydrogens is 432 g/mol. The van der Waals surface area contributed by atoms with Crippen molar-refractivity contribution in [1.82, 2.24) is 0 Å². The Kier molecular flexibility index (Phi) is 7.55. The summed E-state index contributed by atoms with van der Waals surface area (Å²) in [5.41, 5.74) is -0.161. The van der Waals surface area contributed by atoms with Crippen LogP contribution in [0.4, 0.5) is 17.6 Å². The molecule has 0 aromatic heterocycles. The summed E-state index contributed by atoms with van der Waals surface area (Å²) < 4.78 is 71.3. The lowest BCUT2D eigenvalue weighted by atomic mass is 9.87. The quantitative estimate of drug-likeness (QED) is 0.328. The molecule has 6 heteroatoms. The van der Waals surface area contributed by atoms with E-state index in [1.54, 1.807) is 6.08 Å². The summed E-state index contributed by atoms with van der Waals surface area (Å²) in [6.07, 6.45) is 6.52. The largest absolute Gasteiger partial charge is 0.378 e. The Morgan fingerprint density at radius 1 is 0.788 bits per heavy atom. The molecule has 2 aromatic rings. The summed E-state index contributed by atoms with van der Waals surface area (Å²) in [7, 11) is 0. The van der Waals surface area contributed by atoms with Gasteiger partial charge in [0.15, 0.2) is 23.3 Å². The first-order valence-electron chi connectivity index (χ1n) is 11.8. The minimum atomic E-state index is -1.17. The molecule has 0 spiro atoms. The first-order valence-corrected chi connectivity index (χ1v) is 11.8. The molecule has 2 aliphatic heterocycles. The van der Waals surface area contributed by atoms with E-state index in [9.17, 15) is 13.2 Å². The highest BCUT2D eigenvalue weighted by Crippen LogP contribution is 2.38. The minimum Gasteiger partial charge on any atom is -0.378 e. The predicted octanol–water partition coefficient (Wildman–Crippen LogP) is 7.42. The molecule has 0 radical (unpaired) electrons. The van der Waals surface area contributed by atoms with Crippen LogP contribution in [-0.4, -0.2) is 25.4 Å². The van der Waals surface area contributed by atoms with E-state index in [-0.39, 0.29) is 52.9 Å². The summed E-state index contributed by atoms with van der Waals surface area (Å²) in [5.74, 6) is -4.94. The molecule has 2 aromatic carbocycles. The average Bonchev–Trinajstić information content (AvgIpc) is 2.84. The Morgan fingerprint density at radius 3 is 1.76 bits per heavy atom. The fourth-order valence-corrected chi connectivity index (χ4v) is 4.98.